The van der Waals surface area contributed by atoms with Crippen LogP contribution >= 0.6 is 0 Å². The van der Waals surface area contributed by atoms with Crippen LogP contribution in [0.5, 0.6) is 0 Å². The summed E-state index contributed by atoms with van der Waals surface area (Å²) >= 11 is 0. The molecule has 0 bridgehead atoms. The third-order valence-corrected chi connectivity index (χ3v) is 3.08. The Labute approximate surface area is 83.6 Å². The molecular formula is C10H16N2O2. The molecule has 1 aliphatic heterocycles. The zero-order chi connectivity index (χ0) is 9.97. The van der Waals surface area contributed by atoms with Gasteiger partial charge in [0.05, 0.1) is 0 Å². The first-order chi connectivity index (χ1) is 6.79. The molecule has 0 aromatic heterocycles. The van der Waals surface area contributed by atoms with Gasteiger partial charge in [-0.1, -0.05) is 19.3 Å². The summed E-state index contributed by atoms with van der Waals surface area (Å²) < 4.78 is 0. The Morgan fingerprint density at radius 2 is 2.00 bits per heavy atom. The van der Waals surface area contributed by atoms with Crippen molar-refractivity contribution < 1.29 is 9.59 Å². The standard InChI is InChI=1S/C10H16N2O2/c13-9(8-4-2-1-3-5-8)12-7-6-11-10(12)14/h8H,1-7H2,(H,11,14). The van der Waals surface area contributed by atoms with E-state index in [1.165, 1.54) is 11.3 Å². The molecular weight excluding hydrogens is 180 g/mol. The second kappa shape index (κ2) is 3.98. The lowest BCUT2D eigenvalue weighted by Crippen LogP contribution is -2.39. The Bertz CT molecular complexity index is 247. The number of imide groups is 1. The molecule has 0 spiro atoms. The molecule has 4 heteroatoms. The maximum absolute atomic E-state index is 11.9. The second-order valence-corrected chi connectivity index (χ2v) is 4.06. The minimum Gasteiger partial charge on any atom is -0.336 e. The van der Waals surface area contributed by atoms with Crippen LogP contribution < -0.4 is 5.32 Å². The van der Waals surface area contributed by atoms with E-state index in [0.29, 0.717) is 13.1 Å². The van der Waals surface area contributed by atoms with E-state index in [4.69, 9.17) is 0 Å². The Balaban J connectivity index is 1.96. The summed E-state index contributed by atoms with van der Waals surface area (Å²) in [6.45, 7) is 1.16. The van der Waals surface area contributed by atoms with Gasteiger partial charge in [-0.25, -0.2) is 4.79 Å². The highest BCUT2D eigenvalue weighted by atomic mass is 16.2. The number of carbonyl (C=O) groups is 2. The first-order valence-electron chi connectivity index (χ1n) is 5.38. The normalized spacial score (nSPS) is 23.7. The van der Waals surface area contributed by atoms with E-state index < -0.39 is 0 Å². The molecule has 1 saturated heterocycles. The number of amides is 3. The summed E-state index contributed by atoms with van der Waals surface area (Å²) in [5.41, 5.74) is 0. The van der Waals surface area contributed by atoms with Gasteiger partial charge in [-0.15, -0.1) is 0 Å². The van der Waals surface area contributed by atoms with Crippen molar-refractivity contribution in [2.75, 3.05) is 13.1 Å². The van der Waals surface area contributed by atoms with Crippen molar-refractivity contribution in [3.63, 3.8) is 0 Å². The molecule has 0 aromatic carbocycles. The minimum absolute atomic E-state index is 0.0414. The molecule has 0 atom stereocenters. The summed E-state index contributed by atoms with van der Waals surface area (Å²) in [4.78, 5) is 24.5. The van der Waals surface area contributed by atoms with Gasteiger partial charge in [-0.3, -0.25) is 9.69 Å². The van der Waals surface area contributed by atoms with E-state index in [1.54, 1.807) is 0 Å². The van der Waals surface area contributed by atoms with E-state index >= 15 is 0 Å². The first-order valence-corrected chi connectivity index (χ1v) is 5.38. The third kappa shape index (κ3) is 1.74. The quantitative estimate of drug-likeness (QED) is 0.683. The minimum atomic E-state index is -0.208. The SMILES string of the molecule is O=C1NCCN1C(=O)C1CCCCC1. The fourth-order valence-corrected chi connectivity index (χ4v) is 2.25. The van der Waals surface area contributed by atoms with Crippen molar-refractivity contribution in [1.82, 2.24) is 10.2 Å². The smallest absolute Gasteiger partial charge is 0.324 e. The lowest BCUT2D eigenvalue weighted by molar-refractivity contribution is -0.132. The van der Waals surface area contributed by atoms with Crippen LogP contribution in [0.2, 0.25) is 0 Å². The second-order valence-electron chi connectivity index (χ2n) is 4.06. The molecule has 14 heavy (non-hydrogen) atoms. The van der Waals surface area contributed by atoms with Gasteiger partial charge < -0.3 is 5.32 Å². The first kappa shape index (κ1) is 9.49. The topological polar surface area (TPSA) is 49.4 Å². The molecule has 78 valence electrons. The molecule has 0 aromatic rings. The largest absolute Gasteiger partial charge is 0.336 e. The van der Waals surface area contributed by atoms with Crippen LogP contribution in [0.4, 0.5) is 4.79 Å². The molecule has 4 nitrogen and oxygen atoms in total. The van der Waals surface area contributed by atoms with Gasteiger partial charge in [0.2, 0.25) is 5.91 Å². The van der Waals surface area contributed by atoms with E-state index in [0.717, 1.165) is 25.7 Å². The van der Waals surface area contributed by atoms with Gasteiger partial charge in [-0.2, -0.15) is 0 Å². The van der Waals surface area contributed by atoms with Crippen LogP contribution in [0.1, 0.15) is 32.1 Å². The van der Waals surface area contributed by atoms with E-state index in [1.807, 2.05) is 0 Å². The molecule has 0 unspecified atom stereocenters. The average molecular weight is 196 g/mol. The maximum atomic E-state index is 11.9. The zero-order valence-electron chi connectivity index (χ0n) is 8.29. The molecule has 1 saturated carbocycles. The fourth-order valence-electron chi connectivity index (χ4n) is 2.25. The Morgan fingerprint density at radius 3 is 2.57 bits per heavy atom. The summed E-state index contributed by atoms with van der Waals surface area (Å²) in [7, 11) is 0. The summed E-state index contributed by atoms with van der Waals surface area (Å²) in [5.74, 6) is 0.146. The monoisotopic (exact) mass is 196 g/mol. The Hall–Kier alpha value is -1.06. The molecule has 2 rings (SSSR count). The van der Waals surface area contributed by atoms with Crippen LogP contribution in [-0.4, -0.2) is 29.9 Å². The molecule has 2 aliphatic rings. The van der Waals surface area contributed by atoms with Crippen LogP contribution in [0.15, 0.2) is 0 Å². The van der Waals surface area contributed by atoms with Gasteiger partial charge in [-0.05, 0) is 12.8 Å². The lowest BCUT2D eigenvalue weighted by atomic mass is 9.88. The van der Waals surface area contributed by atoms with Gasteiger partial charge in [0, 0.05) is 19.0 Å². The highest BCUT2D eigenvalue weighted by molar-refractivity contribution is 5.96. The number of hydrogen-bond acceptors (Lipinski definition) is 2. The molecule has 1 heterocycles. The van der Waals surface area contributed by atoms with Crippen molar-refractivity contribution in [1.29, 1.82) is 0 Å². The van der Waals surface area contributed by atoms with Gasteiger partial charge >= 0.3 is 6.03 Å². The molecule has 0 radical (unpaired) electrons. The van der Waals surface area contributed by atoms with Crippen molar-refractivity contribution >= 4 is 11.9 Å². The number of hydrogen-bond donors (Lipinski definition) is 1. The van der Waals surface area contributed by atoms with Crippen molar-refractivity contribution in [3.8, 4) is 0 Å². The summed E-state index contributed by atoms with van der Waals surface area (Å²) in [5, 5.41) is 2.66. The Morgan fingerprint density at radius 1 is 1.29 bits per heavy atom. The van der Waals surface area contributed by atoms with Gasteiger partial charge in [0.25, 0.3) is 0 Å². The lowest BCUT2D eigenvalue weighted by Gasteiger charge is -2.24. The third-order valence-electron chi connectivity index (χ3n) is 3.08. The summed E-state index contributed by atoms with van der Waals surface area (Å²) in [6.07, 6.45) is 5.42. The van der Waals surface area contributed by atoms with E-state index in [9.17, 15) is 9.59 Å². The number of rotatable bonds is 1. The van der Waals surface area contributed by atoms with Crippen LogP contribution in [-0.2, 0) is 4.79 Å². The molecule has 3 amide bonds. The average Bonchev–Trinajstić information content (AvgIpc) is 2.65. The van der Waals surface area contributed by atoms with Crippen molar-refractivity contribution in [3.05, 3.63) is 0 Å². The number of nitrogens with one attached hydrogen (secondary N) is 1. The van der Waals surface area contributed by atoms with Gasteiger partial charge in [0.1, 0.15) is 0 Å². The predicted octanol–water partition coefficient (Wildman–Crippen LogP) is 1.12. The number of urea groups is 1. The molecule has 2 fully saturated rings. The highest BCUT2D eigenvalue weighted by Gasteiger charge is 2.32. The maximum Gasteiger partial charge on any atom is 0.324 e. The molecule has 1 N–H and O–H groups in total. The van der Waals surface area contributed by atoms with Gasteiger partial charge in [0.15, 0.2) is 0 Å². The van der Waals surface area contributed by atoms with Crippen molar-refractivity contribution in [2.45, 2.75) is 32.1 Å². The van der Waals surface area contributed by atoms with Crippen molar-refractivity contribution in [2.24, 2.45) is 5.92 Å². The Kier molecular flexibility index (Phi) is 2.70. The van der Waals surface area contributed by atoms with Crippen LogP contribution in [0.3, 0.4) is 0 Å². The predicted molar refractivity (Wildman–Crippen MR) is 51.7 cm³/mol. The molecule has 1 aliphatic carbocycles. The van der Waals surface area contributed by atoms with E-state index in [2.05, 4.69) is 5.32 Å². The fraction of sp³-hybridized carbons (Fsp3) is 0.800. The number of carbonyl (C=O) groups excluding carboxylic acids is 2. The number of nitrogens with zero attached hydrogens (tertiary/aromatic N) is 1. The zero-order valence-corrected chi connectivity index (χ0v) is 8.29. The van der Waals surface area contributed by atoms with E-state index in [-0.39, 0.29) is 17.9 Å². The summed E-state index contributed by atoms with van der Waals surface area (Å²) in [6, 6.07) is -0.208. The highest BCUT2D eigenvalue weighted by Crippen LogP contribution is 2.25. The van der Waals surface area contributed by atoms with Crippen LogP contribution in [0.25, 0.3) is 0 Å². The van der Waals surface area contributed by atoms with Crippen LogP contribution in [0, 0.1) is 5.92 Å².